The van der Waals surface area contributed by atoms with Crippen LogP contribution in [0.3, 0.4) is 0 Å². The molecular formula is C19H23F3N8O. The Labute approximate surface area is 176 Å². The second-order valence-corrected chi connectivity index (χ2v) is 6.84. The van der Waals surface area contributed by atoms with Gasteiger partial charge in [0.25, 0.3) is 5.91 Å². The van der Waals surface area contributed by atoms with Gasteiger partial charge in [0, 0.05) is 32.0 Å². The zero-order valence-electron chi connectivity index (χ0n) is 16.9. The summed E-state index contributed by atoms with van der Waals surface area (Å²) in [7, 11) is 1.35. The molecule has 1 aliphatic rings. The molecule has 1 aliphatic heterocycles. The molecule has 0 bridgehead atoms. The van der Waals surface area contributed by atoms with Gasteiger partial charge in [0.05, 0.1) is 11.9 Å². The molecule has 31 heavy (non-hydrogen) atoms. The number of nitrogens with one attached hydrogen (secondary N) is 3. The highest BCUT2D eigenvalue weighted by molar-refractivity contribution is 6.08. The Hall–Kier alpha value is -3.41. The second-order valence-electron chi connectivity index (χ2n) is 6.84. The van der Waals surface area contributed by atoms with Gasteiger partial charge in [-0.25, -0.2) is 9.50 Å². The number of amides is 1. The lowest BCUT2D eigenvalue weighted by Crippen LogP contribution is -2.38. The summed E-state index contributed by atoms with van der Waals surface area (Å²) in [6, 6.07) is 1.95. The van der Waals surface area contributed by atoms with Crippen molar-refractivity contribution in [3.63, 3.8) is 0 Å². The molecule has 1 amide bonds. The van der Waals surface area contributed by atoms with E-state index >= 15 is 0 Å². The van der Waals surface area contributed by atoms with Crippen LogP contribution in [0.5, 0.6) is 0 Å². The fourth-order valence-corrected chi connectivity index (χ4v) is 3.27. The summed E-state index contributed by atoms with van der Waals surface area (Å²) in [5, 5.41) is 16.3. The summed E-state index contributed by atoms with van der Waals surface area (Å²) in [6.07, 6.45) is 1.37. The molecule has 0 saturated carbocycles. The molecule has 1 saturated heterocycles. The van der Waals surface area contributed by atoms with E-state index in [1.165, 1.54) is 17.8 Å². The average Bonchev–Trinajstić information content (AvgIpc) is 3.33. The van der Waals surface area contributed by atoms with Crippen LogP contribution >= 0.6 is 0 Å². The third-order valence-electron chi connectivity index (χ3n) is 4.61. The molecule has 3 aromatic heterocycles. The van der Waals surface area contributed by atoms with Crippen molar-refractivity contribution in [2.24, 2.45) is 7.05 Å². The van der Waals surface area contributed by atoms with E-state index in [-0.39, 0.29) is 17.3 Å². The summed E-state index contributed by atoms with van der Waals surface area (Å²) < 4.78 is 41.7. The minimum atomic E-state index is -4.69. The van der Waals surface area contributed by atoms with E-state index in [9.17, 15) is 18.0 Å². The highest BCUT2D eigenvalue weighted by Gasteiger charge is 2.37. The lowest BCUT2D eigenvalue weighted by molar-refractivity contribution is -0.140. The van der Waals surface area contributed by atoms with Crippen LogP contribution in [0.2, 0.25) is 0 Å². The Balaban J connectivity index is 0.00000132. The third kappa shape index (κ3) is 5.02. The second kappa shape index (κ2) is 9.16. The molecule has 0 aliphatic carbocycles. The van der Waals surface area contributed by atoms with E-state index in [4.69, 9.17) is 0 Å². The van der Waals surface area contributed by atoms with Crippen LogP contribution < -0.4 is 16.0 Å². The number of hydrogen-bond donors (Lipinski definition) is 3. The van der Waals surface area contributed by atoms with Crippen molar-refractivity contribution in [1.29, 1.82) is 0 Å². The predicted molar refractivity (Wildman–Crippen MR) is 110 cm³/mol. The molecule has 0 unspecified atom stereocenters. The van der Waals surface area contributed by atoms with Gasteiger partial charge in [0.2, 0.25) is 0 Å². The number of nitrogens with zero attached hydrogens (tertiary/aromatic N) is 5. The normalized spacial score (nSPS) is 16.5. The minimum absolute atomic E-state index is 0.0624. The van der Waals surface area contributed by atoms with Crippen LogP contribution in [0.4, 0.5) is 24.7 Å². The zero-order valence-corrected chi connectivity index (χ0v) is 16.9. The number of halogens is 3. The first-order valence-corrected chi connectivity index (χ1v) is 9.55. The Kier molecular flexibility index (Phi) is 6.59. The Morgan fingerprint density at radius 1 is 1.35 bits per heavy atom. The van der Waals surface area contributed by atoms with Gasteiger partial charge < -0.3 is 16.0 Å². The van der Waals surface area contributed by atoms with E-state index in [0.717, 1.165) is 36.8 Å². The summed E-state index contributed by atoms with van der Waals surface area (Å²) >= 11 is 0. The van der Waals surface area contributed by atoms with Crippen molar-refractivity contribution in [3.05, 3.63) is 49.1 Å². The molecule has 1 fully saturated rings. The number of fused-ring (bicyclic) bond motifs is 1. The van der Waals surface area contributed by atoms with Crippen molar-refractivity contribution >= 4 is 23.1 Å². The molecule has 3 N–H and O–H groups in total. The molecule has 0 aromatic carbocycles. The number of alkyl halides is 3. The largest absolute Gasteiger partial charge is 0.437 e. The van der Waals surface area contributed by atoms with Crippen LogP contribution in [0.15, 0.2) is 37.8 Å². The van der Waals surface area contributed by atoms with Gasteiger partial charge in [-0.3, -0.25) is 9.48 Å². The van der Waals surface area contributed by atoms with Crippen LogP contribution in [-0.2, 0) is 13.2 Å². The van der Waals surface area contributed by atoms with Gasteiger partial charge in [-0.2, -0.15) is 23.4 Å². The number of piperidine rings is 1. The quantitative estimate of drug-likeness (QED) is 0.544. The Morgan fingerprint density at radius 3 is 2.81 bits per heavy atom. The fourth-order valence-electron chi connectivity index (χ4n) is 3.27. The lowest BCUT2D eigenvalue weighted by Gasteiger charge is -2.24. The van der Waals surface area contributed by atoms with Gasteiger partial charge in [-0.05, 0) is 25.5 Å². The van der Waals surface area contributed by atoms with E-state index < -0.39 is 23.5 Å². The van der Waals surface area contributed by atoms with Gasteiger partial charge in [0.1, 0.15) is 11.4 Å². The highest BCUT2D eigenvalue weighted by Crippen LogP contribution is 2.33. The molecule has 1 atom stereocenters. The number of carbonyl (C=O) groups excluding carboxylic acids is 1. The van der Waals surface area contributed by atoms with Gasteiger partial charge in [-0.15, -0.1) is 13.2 Å². The maximum absolute atomic E-state index is 13.1. The molecule has 4 rings (SSSR count). The summed E-state index contributed by atoms with van der Waals surface area (Å²) in [5.74, 6) is -0.180. The van der Waals surface area contributed by atoms with Gasteiger partial charge >= 0.3 is 6.18 Å². The molecule has 0 spiro atoms. The minimum Gasteiger partial charge on any atom is -0.366 e. The third-order valence-corrected chi connectivity index (χ3v) is 4.61. The first-order valence-electron chi connectivity index (χ1n) is 9.55. The fraction of sp³-hybridized carbons (Fsp3) is 0.368. The van der Waals surface area contributed by atoms with Crippen molar-refractivity contribution in [2.75, 3.05) is 23.7 Å². The maximum Gasteiger partial charge on any atom is 0.437 e. The standard InChI is InChI=1S/C17H19F3N8O.C2H4/c1-27-9-12(14(26-27)17(18,19)20)24-16(29)11-8-22-28-6-4-13(25-15(11)28)23-10-3-2-5-21-7-10;1-2/h4,6,8-10,21H,2-3,5,7H2,1H3,(H,23,25)(H,24,29);1-2H2/t10-;/m0./s1. The van der Waals surface area contributed by atoms with Gasteiger partial charge in [-0.1, -0.05) is 0 Å². The lowest BCUT2D eigenvalue weighted by atomic mass is 10.1. The monoisotopic (exact) mass is 436 g/mol. The number of carbonyl (C=O) groups is 1. The number of rotatable bonds is 4. The predicted octanol–water partition coefficient (Wildman–Crippen LogP) is 2.70. The molecule has 9 nitrogen and oxygen atoms in total. The van der Waals surface area contributed by atoms with Crippen LogP contribution in [0.25, 0.3) is 5.65 Å². The first kappa shape index (κ1) is 22.3. The summed E-state index contributed by atoms with van der Waals surface area (Å²) in [5.41, 5.74) is -1.28. The molecular weight excluding hydrogens is 413 g/mol. The number of aryl methyl sites for hydroxylation is 1. The first-order chi connectivity index (χ1) is 14.8. The highest BCUT2D eigenvalue weighted by atomic mass is 19.4. The summed E-state index contributed by atoms with van der Waals surface area (Å²) in [4.78, 5) is 17.1. The molecule has 4 heterocycles. The van der Waals surface area contributed by atoms with E-state index in [1.54, 1.807) is 12.3 Å². The van der Waals surface area contributed by atoms with Crippen molar-refractivity contribution in [2.45, 2.75) is 25.1 Å². The van der Waals surface area contributed by atoms with E-state index in [0.29, 0.717) is 5.82 Å². The van der Waals surface area contributed by atoms with Crippen molar-refractivity contribution in [1.82, 2.24) is 29.7 Å². The van der Waals surface area contributed by atoms with Crippen molar-refractivity contribution < 1.29 is 18.0 Å². The summed E-state index contributed by atoms with van der Waals surface area (Å²) in [6.45, 7) is 7.78. The molecule has 166 valence electrons. The van der Waals surface area contributed by atoms with E-state index in [1.807, 2.05) is 0 Å². The van der Waals surface area contributed by atoms with Crippen LogP contribution in [0.1, 0.15) is 28.9 Å². The number of hydrogen-bond acceptors (Lipinski definition) is 6. The Morgan fingerprint density at radius 2 is 2.13 bits per heavy atom. The van der Waals surface area contributed by atoms with Crippen LogP contribution in [0, 0.1) is 0 Å². The topological polar surface area (TPSA) is 101 Å². The van der Waals surface area contributed by atoms with Crippen LogP contribution in [-0.4, -0.2) is 49.4 Å². The Bertz CT molecular complexity index is 1050. The molecule has 12 heteroatoms. The van der Waals surface area contributed by atoms with E-state index in [2.05, 4.69) is 44.3 Å². The zero-order chi connectivity index (χ0) is 22.6. The molecule has 3 aromatic rings. The maximum atomic E-state index is 13.1. The molecule has 0 radical (unpaired) electrons. The van der Waals surface area contributed by atoms with Gasteiger partial charge in [0.15, 0.2) is 11.3 Å². The SMILES string of the molecule is C=C.Cn1cc(NC(=O)c2cnn3ccc(N[C@H]4CCCNC4)nc23)c(C(F)(F)F)n1. The smallest absolute Gasteiger partial charge is 0.366 e. The number of aromatic nitrogens is 5. The average molecular weight is 436 g/mol. The number of anilines is 2. The van der Waals surface area contributed by atoms with Crippen molar-refractivity contribution in [3.8, 4) is 0 Å².